The van der Waals surface area contributed by atoms with Crippen LogP contribution in [0.4, 0.5) is 0 Å². The van der Waals surface area contributed by atoms with Gasteiger partial charge in [0.15, 0.2) is 0 Å². The van der Waals surface area contributed by atoms with Crippen LogP contribution in [0.1, 0.15) is 166 Å². The Morgan fingerprint density at radius 3 is 0.902 bits per heavy atom. The molecular formula is C40H68N+. The lowest BCUT2D eigenvalue weighted by Crippen LogP contribution is -2.48. The van der Waals surface area contributed by atoms with Crippen LogP contribution in [-0.4, -0.2) is 17.6 Å². The molecule has 232 valence electrons. The van der Waals surface area contributed by atoms with E-state index < -0.39 is 0 Å². The number of hydrogen-bond acceptors (Lipinski definition) is 0. The van der Waals surface area contributed by atoms with E-state index >= 15 is 0 Å². The minimum absolute atomic E-state index is 1.17. The molecule has 0 fully saturated rings. The molecule has 0 saturated carbocycles. The molecule has 0 bridgehead atoms. The van der Waals surface area contributed by atoms with Crippen molar-refractivity contribution in [3.05, 3.63) is 71.8 Å². The average molecular weight is 563 g/mol. The zero-order chi connectivity index (χ0) is 29.1. The summed E-state index contributed by atoms with van der Waals surface area (Å²) in [5.74, 6) is 0. The van der Waals surface area contributed by atoms with E-state index in [0.717, 1.165) is 0 Å². The molecule has 2 aromatic carbocycles. The summed E-state index contributed by atoms with van der Waals surface area (Å²) in [6.07, 6.45) is 31.3. The van der Waals surface area contributed by atoms with Crippen LogP contribution in [0, 0.1) is 0 Å². The Hall–Kier alpha value is -1.60. The first kappa shape index (κ1) is 35.6. The van der Waals surface area contributed by atoms with Crippen molar-refractivity contribution in [3.63, 3.8) is 0 Å². The molecule has 1 nitrogen and oxygen atoms in total. The fraction of sp³-hybridized carbons (Fsp3) is 0.700. The van der Waals surface area contributed by atoms with Gasteiger partial charge in [0.1, 0.15) is 13.1 Å². The van der Waals surface area contributed by atoms with Crippen molar-refractivity contribution in [2.24, 2.45) is 0 Å². The molecule has 0 aliphatic rings. The van der Waals surface area contributed by atoms with Crippen LogP contribution in [0.2, 0.25) is 0 Å². The number of unbranched alkanes of at least 4 members (excludes halogenated alkanes) is 20. The van der Waals surface area contributed by atoms with Gasteiger partial charge < -0.3 is 4.48 Å². The lowest BCUT2D eigenvalue weighted by atomic mass is 10.0. The molecule has 0 aliphatic carbocycles. The third-order valence-electron chi connectivity index (χ3n) is 9.19. The molecule has 0 amide bonds. The monoisotopic (exact) mass is 563 g/mol. The first-order chi connectivity index (χ1) is 20.3. The summed E-state index contributed by atoms with van der Waals surface area (Å²) in [5, 5.41) is 0. The van der Waals surface area contributed by atoms with Crippen LogP contribution in [0.5, 0.6) is 0 Å². The van der Waals surface area contributed by atoms with Crippen molar-refractivity contribution in [2.45, 2.75) is 168 Å². The average Bonchev–Trinajstić information content (AvgIpc) is 3.00. The van der Waals surface area contributed by atoms with Crippen LogP contribution in [-0.2, 0) is 13.1 Å². The first-order valence-electron chi connectivity index (χ1n) is 18.2. The zero-order valence-corrected chi connectivity index (χ0v) is 27.6. The Balaban J connectivity index is 1.84. The molecule has 0 atom stereocenters. The van der Waals surface area contributed by atoms with Crippen LogP contribution >= 0.6 is 0 Å². The number of nitrogens with zero attached hydrogens (tertiary/aromatic N) is 1. The van der Waals surface area contributed by atoms with Gasteiger partial charge in [0.05, 0.1) is 13.1 Å². The third-order valence-corrected chi connectivity index (χ3v) is 9.19. The van der Waals surface area contributed by atoms with Crippen LogP contribution < -0.4 is 0 Å². The molecular weight excluding hydrogens is 494 g/mol. The summed E-state index contributed by atoms with van der Waals surface area (Å²) in [5.41, 5.74) is 3.02. The van der Waals surface area contributed by atoms with Crippen molar-refractivity contribution in [1.82, 2.24) is 0 Å². The zero-order valence-electron chi connectivity index (χ0n) is 27.6. The van der Waals surface area contributed by atoms with Gasteiger partial charge in [-0.2, -0.15) is 0 Å². The number of quaternary nitrogens is 1. The highest BCUT2D eigenvalue weighted by molar-refractivity contribution is 5.15. The van der Waals surface area contributed by atoms with Crippen molar-refractivity contribution in [2.75, 3.05) is 13.1 Å². The van der Waals surface area contributed by atoms with E-state index in [0.29, 0.717) is 0 Å². The minimum Gasteiger partial charge on any atom is -0.316 e. The maximum atomic E-state index is 2.36. The molecule has 0 aromatic heterocycles. The van der Waals surface area contributed by atoms with Crippen LogP contribution in [0.25, 0.3) is 0 Å². The highest BCUT2D eigenvalue weighted by Gasteiger charge is 2.27. The standard InChI is InChI=1S/C40H68N/c1-3-5-7-9-11-13-15-17-19-21-29-35-41(37-39-31-25-23-26-32-39,38-40-33-27-24-28-34-40)36-30-22-20-18-16-14-12-10-8-6-4-2/h23-28,31-34H,3-22,29-30,35-38H2,1-2H3/q+1. The largest absolute Gasteiger partial charge is 0.316 e. The maximum Gasteiger partial charge on any atom is 0.105 e. The second-order valence-electron chi connectivity index (χ2n) is 13.1. The quantitative estimate of drug-likeness (QED) is 0.0714. The van der Waals surface area contributed by atoms with E-state index in [2.05, 4.69) is 74.5 Å². The number of rotatable bonds is 28. The van der Waals surface area contributed by atoms with E-state index in [9.17, 15) is 0 Å². The van der Waals surface area contributed by atoms with Gasteiger partial charge in [-0.3, -0.25) is 0 Å². The van der Waals surface area contributed by atoms with Crippen molar-refractivity contribution in [3.8, 4) is 0 Å². The Morgan fingerprint density at radius 2 is 0.610 bits per heavy atom. The van der Waals surface area contributed by atoms with Crippen molar-refractivity contribution in [1.29, 1.82) is 0 Å². The molecule has 2 aromatic rings. The van der Waals surface area contributed by atoms with E-state index in [-0.39, 0.29) is 0 Å². The smallest absolute Gasteiger partial charge is 0.105 e. The van der Waals surface area contributed by atoms with E-state index in [1.54, 1.807) is 0 Å². The minimum atomic E-state index is 1.17. The van der Waals surface area contributed by atoms with Gasteiger partial charge >= 0.3 is 0 Å². The van der Waals surface area contributed by atoms with Gasteiger partial charge in [0.25, 0.3) is 0 Å². The predicted molar refractivity (Wildman–Crippen MR) is 183 cm³/mol. The normalized spacial score (nSPS) is 11.8. The predicted octanol–water partition coefficient (Wildman–Crippen LogP) is 12.8. The van der Waals surface area contributed by atoms with Gasteiger partial charge in [0.2, 0.25) is 0 Å². The highest BCUT2D eigenvalue weighted by atomic mass is 15.3. The Bertz CT molecular complexity index is 729. The van der Waals surface area contributed by atoms with Crippen LogP contribution in [0.3, 0.4) is 0 Å². The van der Waals surface area contributed by atoms with E-state index in [4.69, 9.17) is 0 Å². The first-order valence-corrected chi connectivity index (χ1v) is 18.2. The summed E-state index contributed by atoms with van der Waals surface area (Å²) in [4.78, 5) is 0. The highest BCUT2D eigenvalue weighted by Crippen LogP contribution is 2.24. The maximum absolute atomic E-state index is 2.36. The lowest BCUT2D eigenvalue weighted by Gasteiger charge is -2.39. The second kappa shape index (κ2) is 24.9. The molecule has 2 rings (SSSR count). The van der Waals surface area contributed by atoms with Crippen LogP contribution in [0.15, 0.2) is 60.7 Å². The van der Waals surface area contributed by atoms with Crippen molar-refractivity contribution >= 4 is 0 Å². The van der Waals surface area contributed by atoms with Gasteiger partial charge in [-0.15, -0.1) is 0 Å². The molecule has 0 N–H and O–H groups in total. The Kier molecular flexibility index (Phi) is 21.7. The van der Waals surface area contributed by atoms with E-state index in [1.165, 1.54) is 183 Å². The Labute approximate surface area is 257 Å². The number of benzene rings is 2. The fourth-order valence-corrected chi connectivity index (χ4v) is 6.65. The molecule has 0 unspecified atom stereocenters. The SMILES string of the molecule is CCCCCCCCCCCCC[N+](CCCCCCCCCCCCC)(Cc1ccccc1)Cc1ccccc1. The lowest BCUT2D eigenvalue weighted by molar-refractivity contribution is -0.954. The summed E-state index contributed by atoms with van der Waals surface area (Å²) in [7, 11) is 0. The molecule has 0 radical (unpaired) electrons. The second-order valence-corrected chi connectivity index (χ2v) is 13.1. The summed E-state index contributed by atoms with van der Waals surface area (Å²) in [6.45, 7) is 9.60. The van der Waals surface area contributed by atoms with Gasteiger partial charge in [-0.25, -0.2) is 0 Å². The summed E-state index contributed by atoms with van der Waals surface area (Å²) >= 11 is 0. The van der Waals surface area contributed by atoms with E-state index in [1.807, 2.05) is 0 Å². The van der Waals surface area contributed by atoms with Gasteiger partial charge in [-0.1, -0.05) is 190 Å². The fourth-order valence-electron chi connectivity index (χ4n) is 6.65. The number of hydrogen-bond donors (Lipinski definition) is 0. The molecule has 0 spiro atoms. The summed E-state index contributed by atoms with van der Waals surface area (Å²) in [6, 6.07) is 22.7. The topological polar surface area (TPSA) is 0 Å². The molecule has 0 aliphatic heterocycles. The molecule has 1 heteroatoms. The third kappa shape index (κ3) is 18.5. The molecule has 0 saturated heterocycles. The molecule has 41 heavy (non-hydrogen) atoms. The Morgan fingerprint density at radius 1 is 0.341 bits per heavy atom. The summed E-state index contributed by atoms with van der Waals surface area (Å²) < 4.78 is 1.23. The van der Waals surface area contributed by atoms with Gasteiger partial charge in [-0.05, 0) is 25.7 Å². The van der Waals surface area contributed by atoms with Crippen molar-refractivity contribution < 1.29 is 4.48 Å². The van der Waals surface area contributed by atoms with Gasteiger partial charge in [0, 0.05) is 11.1 Å². The molecule has 0 heterocycles.